The molecule has 0 bridgehead atoms. The Morgan fingerprint density at radius 3 is 2.47 bits per heavy atom. The van der Waals surface area contributed by atoms with Gasteiger partial charge >= 0.3 is 6.03 Å². The summed E-state index contributed by atoms with van der Waals surface area (Å²) >= 11 is 0. The Kier molecular flexibility index (Phi) is 6.29. The average Bonchev–Trinajstić information content (AvgIpc) is 2.45. The fourth-order valence-electron chi connectivity index (χ4n) is 2.06. The van der Waals surface area contributed by atoms with E-state index in [1.165, 1.54) is 0 Å². The molecule has 5 nitrogen and oxygen atoms in total. The number of hydrogen-bond acceptors (Lipinski definition) is 3. The third-order valence-corrected chi connectivity index (χ3v) is 3.70. The second-order valence-corrected chi connectivity index (χ2v) is 4.72. The van der Waals surface area contributed by atoms with E-state index in [0.717, 1.165) is 12.8 Å². The predicted octanol–water partition coefficient (Wildman–Crippen LogP) is 2.39. The van der Waals surface area contributed by atoms with Crippen LogP contribution in [-0.4, -0.2) is 29.3 Å². The van der Waals surface area contributed by atoms with Gasteiger partial charge < -0.3 is 15.7 Å². The molecule has 0 saturated heterocycles. The van der Waals surface area contributed by atoms with Crippen LogP contribution in [0, 0.1) is 5.41 Å². The minimum atomic E-state index is -0.226. The van der Waals surface area contributed by atoms with Crippen molar-refractivity contribution in [3.63, 3.8) is 0 Å². The summed E-state index contributed by atoms with van der Waals surface area (Å²) in [5, 5.41) is 14.8. The monoisotopic (exact) mass is 265 g/mol. The third kappa shape index (κ3) is 4.87. The standard InChI is InChI=1S/C14H23N3O2/c1-3-14(4-2,7-10-18)11-16-13(19)17-12-5-8-15-9-6-12/h5-6,8-9,18H,3-4,7,10-11H2,1-2H3,(H2,15,16,17,19). The van der Waals surface area contributed by atoms with E-state index >= 15 is 0 Å². The molecule has 19 heavy (non-hydrogen) atoms. The predicted molar refractivity (Wildman–Crippen MR) is 76.0 cm³/mol. The normalized spacial score (nSPS) is 11.1. The molecule has 0 aliphatic heterocycles. The van der Waals surface area contributed by atoms with Gasteiger partial charge in [0.05, 0.1) is 0 Å². The van der Waals surface area contributed by atoms with E-state index in [-0.39, 0.29) is 18.1 Å². The number of aliphatic hydroxyl groups excluding tert-OH is 1. The van der Waals surface area contributed by atoms with Crippen LogP contribution in [-0.2, 0) is 0 Å². The molecule has 1 aromatic heterocycles. The molecule has 0 aromatic carbocycles. The molecule has 2 amide bonds. The lowest BCUT2D eigenvalue weighted by atomic mass is 9.79. The smallest absolute Gasteiger partial charge is 0.319 e. The summed E-state index contributed by atoms with van der Waals surface area (Å²) in [5.74, 6) is 0. The molecule has 0 aliphatic rings. The number of carbonyl (C=O) groups is 1. The number of rotatable bonds is 7. The highest BCUT2D eigenvalue weighted by molar-refractivity contribution is 5.89. The van der Waals surface area contributed by atoms with Gasteiger partial charge in [-0.3, -0.25) is 4.98 Å². The number of nitrogens with zero attached hydrogens (tertiary/aromatic N) is 1. The van der Waals surface area contributed by atoms with E-state index in [2.05, 4.69) is 29.5 Å². The van der Waals surface area contributed by atoms with Crippen molar-refractivity contribution >= 4 is 11.7 Å². The van der Waals surface area contributed by atoms with Crippen LogP contribution in [0.2, 0.25) is 0 Å². The molecule has 0 spiro atoms. The van der Waals surface area contributed by atoms with Crippen molar-refractivity contribution < 1.29 is 9.90 Å². The molecular weight excluding hydrogens is 242 g/mol. The zero-order chi connectivity index (χ0) is 14.1. The van der Waals surface area contributed by atoms with Crippen molar-refractivity contribution in [2.24, 2.45) is 5.41 Å². The van der Waals surface area contributed by atoms with Crippen molar-refractivity contribution in [2.45, 2.75) is 33.1 Å². The summed E-state index contributed by atoms with van der Waals surface area (Å²) in [6.07, 6.45) is 5.82. The molecule has 106 valence electrons. The molecule has 0 aliphatic carbocycles. The summed E-state index contributed by atoms with van der Waals surface area (Å²) in [6, 6.07) is 3.25. The number of anilines is 1. The second-order valence-electron chi connectivity index (χ2n) is 4.72. The molecular formula is C14H23N3O2. The number of urea groups is 1. The first kappa shape index (κ1) is 15.4. The summed E-state index contributed by atoms with van der Waals surface area (Å²) in [6.45, 7) is 4.88. The van der Waals surface area contributed by atoms with Crippen LogP contribution in [0.4, 0.5) is 10.5 Å². The van der Waals surface area contributed by atoms with Gasteiger partial charge in [-0.05, 0) is 36.8 Å². The van der Waals surface area contributed by atoms with Gasteiger partial charge in [0.1, 0.15) is 0 Å². The lowest BCUT2D eigenvalue weighted by Crippen LogP contribution is -2.39. The molecule has 3 N–H and O–H groups in total. The quantitative estimate of drug-likeness (QED) is 0.708. The Hall–Kier alpha value is -1.62. The fourth-order valence-corrected chi connectivity index (χ4v) is 2.06. The largest absolute Gasteiger partial charge is 0.396 e. The molecule has 0 radical (unpaired) electrons. The van der Waals surface area contributed by atoms with Crippen molar-refractivity contribution in [3.8, 4) is 0 Å². The first-order valence-electron chi connectivity index (χ1n) is 6.71. The number of carbonyl (C=O) groups excluding carboxylic acids is 1. The van der Waals surface area contributed by atoms with E-state index in [1.807, 2.05) is 0 Å². The average molecular weight is 265 g/mol. The van der Waals surface area contributed by atoms with Crippen LogP contribution in [0.15, 0.2) is 24.5 Å². The van der Waals surface area contributed by atoms with Crippen molar-refractivity contribution in [1.82, 2.24) is 10.3 Å². The molecule has 1 rings (SSSR count). The molecule has 1 aromatic rings. The lowest BCUT2D eigenvalue weighted by molar-refractivity contribution is 0.165. The maximum Gasteiger partial charge on any atom is 0.319 e. The van der Waals surface area contributed by atoms with E-state index in [9.17, 15) is 4.79 Å². The summed E-state index contributed by atoms with van der Waals surface area (Å²) in [7, 11) is 0. The number of pyridine rings is 1. The van der Waals surface area contributed by atoms with E-state index in [0.29, 0.717) is 18.7 Å². The Labute approximate surface area is 114 Å². The summed E-state index contributed by atoms with van der Waals surface area (Å²) in [4.78, 5) is 15.7. The number of hydrogen-bond donors (Lipinski definition) is 3. The zero-order valence-corrected chi connectivity index (χ0v) is 11.6. The summed E-state index contributed by atoms with van der Waals surface area (Å²) in [5.41, 5.74) is 0.692. The van der Waals surface area contributed by atoms with Crippen LogP contribution in [0.5, 0.6) is 0 Å². The number of nitrogens with one attached hydrogen (secondary N) is 2. The minimum absolute atomic E-state index is 0.0235. The van der Waals surface area contributed by atoms with Crippen LogP contribution in [0.25, 0.3) is 0 Å². The van der Waals surface area contributed by atoms with Crippen LogP contribution >= 0.6 is 0 Å². The minimum Gasteiger partial charge on any atom is -0.396 e. The highest BCUT2D eigenvalue weighted by Crippen LogP contribution is 2.29. The van der Waals surface area contributed by atoms with Crippen molar-refractivity contribution in [2.75, 3.05) is 18.5 Å². The highest BCUT2D eigenvalue weighted by atomic mass is 16.3. The van der Waals surface area contributed by atoms with Gasteiger partial charge in [0, 0.05) is 31.2 Å². The maximum absolute atomic E-state index is 11.8. The Bertz CT molecular complexity index is 378. The molecule has 0 unspecified atom stereocenters. The highest BCUT2D eigenvalue weighted by Gasteiger charge is 2.25. The van der Waals surface area contributed by atoms with E-state index < -0.39 is 0 Å². The van der Waals surface area contributed by atoms with E-state index in [1.54, 1.807) is 24.5 Å². The van der Waals surface area contributed by atoms with Gasteiger partial charge in [-0.2, -0.15) is 0 Å². The first-order chi connectivity index (χ1) is 9.15. The molecule has 0 saturated carbocycles. The topological polar surface area (TPSA) is 74.2 Å². The number of aliphatic hydroxyl groups is 1. The third-order valence-electron chi connectivity index (χ3n) is 3.70. The van der Waals surface area contributed by atoms with Crippen molar-refractivity contribution in [3.05, 3.63) is 24.5 Å². The van der Waals surface area contributed by atoms with Crippen LogP contribution in [0.1, 0.15) is 33.1 Å². The first-order valence-corrected chi connectivity index (χ1v) is 6.71. The van der Waals surface area contributed by atoms with Crippen LogP contribution in [0.3, 0.4) is 0 Å². The van der Waals surface area contributed by atoms with Gasteiger partial charge in [-0.1, -0.05) is 13.8 Å². The lowest BCUT2D eigenvalue weighted by Gasteiger charge is -2.31. The van der Waals surface area contributed by atoms with Gasteiger partial charge in [-0.25, -0.2) is 4.79 Å². The maximum atomic E-state index is 11.8. The zero-order valence-electron chi connectivity index (χ0n) is 11.6. The SMILES string of the molecule is CCC(CC)(CCO)CNC(=O)Nc1ccncc1. The van der Waals surface area contributed by atoms with Crippen LogP contribution < -0.4 is 10.6 Å². The van der Waals surface area contributed by atoms with Gasteiger partial charge in [0.25, 0.3) is 0 Å². The van der Waals surface area contributed by atoms with Gasteiger partial charge in [-0.15, -0.1) is 0 Å². The molecule has 1 heterocycles. The molecule has 0 atom stereocenters. The van der Waals surface area contributed by atoms with Gasteiger partial charge in [0.2, 0.25) is 0 Å². The Morgan fingerprint density at radius 1 is 1.32 bits per heavy atom. The number of aromatic nitrogens is 1. The second kappa shape index (κ2) is 7.74. The Balaban J connectivity index is 2.48. The summed E-state index contributed by atoms with van der Waals surface area (Å²) < 4.78 is 0. The van der Waals surface area contributed by atoms with Gasteiger partial charge in [0.15, 0.2) is 0 Å². The molecule has 5 heteroatoms. The molecule has 0 fully saturated rings. The Morgan fingerprint density at radius 2 is 1.95 bits per heavy atom. The fraction of sp³-hybridized carbons (Fsp3) is 0.571. The van der Waals surface area contributed by atoms with Crippen molar-refractivity contribution in [1.29, 1.82) is 0 Å². The van der Waals surface area contributed by atoms with E-state index in [4.69, 9.17) is 5.11 Å². The number of amides is 2.